The van der Waals surface area contributed by atoms with Crippen LogP contribution in [-0.2, 0) is 28.6 Å². The highest BCUT2D eigenvalue weighted by atomic mass is 16.5. The van der Waals surface area contributed by atoms with Crippen LogP contribution in [-0.4, -0.2) is 62.8 Å². The van der Waals surface area contributed by atoms with Gasteiger partial charge in [0.1, 0.15) is 0 Å². The number of rotatable bonds is 45. The fraction of sp³-hybridized carbons (Fsp3) is 0.945. The molecule has 0 amide bonds. The zero-order valence-electron chi connectivity index (χ0n) is 42.1. The highest BCUT2D eigenvalue weighted by Gasteiger charge is 2.25. The van der Waals surface area contributed by atoms with E-state index < -0.39 is 0 Å². The molecule has 0 aromatic heterocycles. The van der Waals surface area contributed by atoms with Crippen molar-refractivity contribution in [2.75, 3.05) is 40.0 Å². The number of hydrogen-bond donors (Lipinski definition) is 0. The summed E-state index contributed by atoms with van der Waals surface area (Å²) in [6.07, 6.45) is 44.1. The van der Waals surface area contributed by atoms with Gasteiger partial charge in [-0.15, -0.1) is 0 Å². The molecule has 1 heterocycles. The highest BCUT2D eigenvalue weighted by Crippen LogP contribution is 2.25. The maximum Gasteiger partial charge on any atom is 0.309 e. The Hall–Kier alpha value is -1.63. The van der Waals surface area contributed by atoms with Crippen molar-refractivity contribution in [3.05, 3.63) is 0 Å². The molecular formula is C55H105NO6. The first-order valence-electron chi connectivity index (χ1n) is 27.5. The zero-order valence-corrected chi connectivity index (χ0v) is 42.1. The summed E-state index contributed by atoms with van der Waals surface area (Å²) in [4.78, 5) is 40.1. The standard InChI is InChI=1S/C55H105NO6/c1-6-10-14-25-34-49(32-23-12-8-3)38-31-46-60-53(57)39-29-21-17-16-19-27-36-51(48-62-55(59)52-41-44-56(5)45-42-52)37-28-20-18-22-30-40-54(58)61-47-43-50(33-24-13-9-4)35-26-15-11-7-2/h49-52H,6-48H2,1-5H3. The molecule has 0 spiro atoms. The second-order valence-electron chi connectivity index (χ2n) is 19.8. The SMILES string of the molecule is CCCCCCC(CCCCC)CCCOC(=O)CCCCCCCCC(CCCCCCCC(=O)OCCC(CCCCC)CCCCCC)COC(=O)C1CCN(C)CC1. The van der Waals surface area contributed by atoms with E-state index in [0.717, 1.165) is 115 Å². The van der Waals surface area contributed by atoms with Crippen LogP contribution in [0, 0.1) is 23.7 Å². The van der Waals surface area contributed by atoms with Crippen LogP contribution in [0.25, 0.3) is 0 Å². The molecule has 0 saturated carbocycles. The smallest absolute Gasteiger partial charge is 0.309 e. The van der Waals surface area contributed by atoms with Crippen molar-refractivity contribution >= 4 is 17.9 Å². The molecule has 1 rings (SSSR count). The van der Waals surface area contributed by atoms with Crippen LogP contribution in [0.5, 0.6) is 0 Å². The summed E-state index contributed by atoms with van der Waals surface area (Å²) in [6.45, 7) is 12.8. The minimum absolute atomic E-state index is 0.0110. The lowest BCUT2D eigenvalue weighted by atomic mass is 9.91. The normalized spacial score (nSPS) is 15.0. The van der Waals surface area contributed by atoms with E-state index in [1.807, 2.05) is 0 Å². The summed E-state index contributed by atoms with van der Waals surface area (Å²) in [5.41, 5.74) is 0. The van der Waals surface area contributed by atoms with Gasteiger partial charge in [-0.2, -0.15) is 0 Å². The number of hydrogen-bond acceptors (Lipinski definition) is 7. The lowest BCUT2D eigenvalue weighted by Gasteiger charge is -2.28. The van der Waals surface area contributed by atoms with E-state index in [4.69, 9.17) is 14.2 Å². The summed E-state index contributed by atoms with van der Waals surface area (Å²) in [5.74, 6) is 1.94. The number of nitrogens with zero attached hydrogens (tertiary/aromatic N) is 1. The second-order valence-corrected chi connectivity index (χ2v) is 19.8. The Labute approximate surface area is 385 Å². The van der Waals surface area contributed by atoms with Gasteiger partial charge in [0.25, 0.3) is 0 Å². The molecule has 0 aromatic carbocycles. The predicted octanol–water partition coefficient (Wildman–Crippen LogP) is 15.9. The van der Waals surface area contributed by atoms with Crippen LogP contribution in [0.2, 0.25) is 0 Å². The number of carbonyl (C=O) groups excluding carboxylic acids is 3. The Morgan fingerprint density at radius 3 is 1.26 bits per heavy atom. The molecule has 366 valence electrons. The van der Waals surface area contributed by atoms with Crippen molar-refractivity contribution in [2.45, 2.75) is 272 Å². The van der Waals surface area contributed by atoms with Crippen molar-refractivity contribution in [3.63, 3.8) is 0 Å². The number of likely N-dealkylation sites (tertiary alicyclic amines) is 1. The quantitative estimate of drug-likeness (QED) is 0.0342. The fourth-order valence-electron chi connectivity index (χ4n) is 9.51. The van der Waals surface area contributed by atoms with Gasteiger partial charge in [-0.05, 0) is 95.7 Å². The lowest BCUT2D eigenvalue weighted by Crippen LogP contribution is -2.34. The van der Waals surface area contributed by atoms with Gasteiger partial charge < -0.3 is 19.1 Å². The number of ether oxygens (including phenoxy) is 3. The van der Waals surface area contributed by atoms with E-state index in [1.54, 1.807) is 0 Å². The Bertz CT molecular complexity index is 1010. The van der Waals surface area contributed by atoms with E-state index >= 15 is 0 Å². The van der Waals surface area contributed by atoms with Crippen LogP contribution in [0.4, 0.5) is 0 Å². The van der Waals surface area contributed by atoms with E-state index in [-0.39, 0.29) is 23.8 Å². The molecular weight excluding hydrogens is 771 g/mol. The van der Waals surface area contributed by atoms with Gasteiger partial charge in [-0.25, -0.2) is 0 Å². The Kier molecular flexibility index (Phi) is 40.8. The van der Waals surface area contributed by atoms with E-state index in [0.29, 0.717) is 44.5 Å². The fourth-order valence-corrected chi connectivity index (χ4v) is 9.51. The summed E-state index contributed by atoms with van der Waals surface area (Å²) in [7, 11) is 2.13. The maximum atomic E-state index is 12.9. The summed E-state index contributed by atoms with van der Waals surface area (Å²) < 4.78 is 17.3. The molecule has 7 nitrogen and oxygen atoms in total. The molecule has 1 fully saturated rings. The molecule has 3 unspecified atom stereocenters. The van der Waals surface area contributed by atoms with Gasteiger partial charge in [-0.3, -0.25) is 14.4 Å². The molecule has 3 atom stereocenters. The molecule has 62 heavy (non-hydrogen) atoms. The molecule has 7 heteroatoms. The molecule has 1 saturated heterocycles. The van der Waals surface area contributed by atoms with E-state index in [2.05, 4.69) is 39.6 Å². The topological polar surface area (TPSA) is 82.1 Å². The predicted molar refractivity (Wildman–Crippen MR) is 262 cm³/mol. The van der Waals surface area contributed by atoms with Crippen LogP contribution < -0.4 is 0 Å². The van der Waals surface area contributed by atoms with Gasteiger partial charge in [0.2, 0.25) is 0 Å². The van der Waals surface area contributed by atoms with Crippen LogP contribution in [0.1, 0.15) is 272 Å². The molecule has 1 aliphatic rings. The summed E-state index contributed by atoms with van der Waals surface area (Å²) in [5, 5.41) is 0. The number of carbonyl (C=O) groups is 3. The summed E-state index contributed by atoms with van der Waals surface area (Å²) >= 11 is 0. The van der Waals surface area contributed by atoms with E-state index in [1.165, 1.54) is 135 Å². The first-order chi connectivity index (χ1) is 30.3. The monoisotopic (exact) mass is 876 g/mol. The number of unbranched alkanes of at least 4 members (excludes halogenated alkanes) is 19. The second kappa shape index (κ2) is 43.3. The average Bonchev–Trinajstić information content (AvgIpc) is 3.27. The van der Waals surface area contributed by atoms with Crippen molar-refractivity contribution < 1.29 is 28.6 Å². The molecule has 1 aliphatic heterocycles. The number of piperidine rings is 1. The van der Waals surface area contributed by atoms with Crippen molar-refractivity contribution in [1.82, 2.24) is 4.90 Å². The molecule has 0 aromatic rings. The first-order valence-corrected chi connectivity index (χ1v) is 27.5. The van der Waals surface area contributed by atoms with E-state index in [9.17, 15) is 14.4 Å². The molecule has 0 aliphatic carbocycles. The third-order valence-corrected chi connectivity index (χ3v) is 13.9. The zero-order chi connectivity index (χ0) is 45.1. The highest BCUT2D eigenvalue weighted by molar-refractivity contribution is 5.72. The van der Waals surface area contributed by atoms with Crippen molar-refractivity contribution in [2.24, 2.45) is 23.7 Å². The minimum atomic E-state index is -0.0207. The van der Waals surface area contributed by atoms with Gasteiger partial charge >= 0.3 is 17.9 Å². The molecule has 0 N–H and O–H groups in total. The lowest BCUT2D eigenvalue weighted by molar-refractivity contribution is -0.151. The van der Waals surface area contributed by atoms with Crippen LogP contribution >= 0.6 is 0 Å². The molecule has 0 bridgehead atoms. The Balaban J connectivity index is 2.29. The third-order valence-electron chi connectivity index (χ3n) is 13.9. The largest absolute Gasteiger partial charge is 0.466 e. The minimum Gasteiger partial charge on any atom is -0.466 e. The van der Waals surface area contributed by atoms with Gasteiger partial charge in [0.05, 0.1) is 25.7 Å². The first kappa shape index (κ1) is 58.4. The Morgan fingerprint density at radius 2 is 0.774 bits per heavy atom. The summed E-state index contributed by atoms with van der Waals surface area (Å²) in [6, 6.07) is 0. The van der Waals surface area contributed by atoms with Gasteiger partial charge in [-0.1, -0.05) is 201 Å². The molecule has 0 radical (unpaired) electrons. The van der Waals surface area contributed by atoms with Crippen LogP contribution in [0.15, 0.2) is 0 Å². The average molecular weight is 876 g/mol. The maximum absolute atomic E-state index is 12.9. The van der Waals surface area contributed by atoms with Gasteiger partial charge in [0, 0.05) is 12.8 Å². The number of esters is 3. The van der Waals surface area contributed by atoms with Crippen molar-refractivity contribution in [1.29, 1.82) is 0 Å². The van der Waals surface area contributed by atoms with Crippen molar-refractivity contribution in [3.8, 4) is 0 Å². The van der Waals surface area contributed by atoms with Gasteiger partial charge in [0.15, 0.2) is 0 Å². The third kappa shape index (κ3) is 35.7. The Morgan fingerprint density at radius 1 is 0.419 bits per heavy atom. The van der Waals surface area contributed by atoms with Crippen LogP contribution in [0.3, 0.4) is 0 Å².